The molecule has 6 nitrogen and oxygen atoms in total. The van der Waals surface area contributed by atoms with Gasteiger partial charge in [-0.3, -0.25) is 4.79 Å². The van der Waals surface area contributed by atoms with Gasteiger partial charge in [0.1, 0.15) is 11.4 Å². The summed E-state index contributed by atoms with van der Waals surface area (Å²) < 4.78 is 0. The number of phenolic OH excluding ortho intramolecular Hbond substituents is 1. The first kappa shape index (κ1) is 16.3. The lowest BCUT2D eigenvalue weighted by Crippen LogP contribution is -2.36. The molecule has 7 heteroatoms. The molecular formula is C17H14ClNO5. The zero-order chi connectivity index (χ0) is 17.5. The topological polar surface area (TPSA) is 87.1 Å². The molecule has 0 amide bonds. The Morgan fingerprint density at radius 1 is 1.21 bits per heavy atom. The highest BCUT2D eigenvalue weighted by Crippen LogP contribution is 2.46. The molecule has 0 aromatic heterocycles. The lowest BCUT2D eigenvalue weighted by molar-refractivity contribution is -0.154. The number of halogens is 1. The Balaban J connectivity index is 2.07. The highest BCUT2D eigenvalue weighted by molar-refractivity contribution is 6.32. The van der Waals surface area contributed by atoms with E-state index in [0.717, 1.165) is 12.0 Å². The van der Waals surface area contributed by atoms with E-state index < -0.39 is 17.4 Å². The van der Waals surface area contributed by atoms with E-state index in [4.69, 9.17) is 16.4 Å². The number of aliphatic hydroxyl groups is 1. The number of β-amino-alcohol motifs (C(OH)–C–C–N with tert-alkyl or cyclic N) is 1. The van der Waals surface area contributed by atoms with Crippen molar-refractivity contribution in [3.8, 4) is 5.75 Å². The second-order valence-electron chi connectivity index (χ2n) is 5.51. The van der Waals surface area contributed by atoms with Crippen molar-refractivity contribution in [1.82, 2.24) is 0 Å². The van der Waals surface area contributed by atoms with Gasteiger partial charge in [0.15, 0.2) is 0 Å². The predicted molar refractivity (Wildman–Crippen MR) is 86.7 cm³/mol. The van der Waals surface area contributed by atoms with Crippen LogP contribution in [0, 0.1) is 0 Å². The number of Topliss-reactive ketones (excluding diaryl/α,β-unsaturated/α-hetero) is 1. The maximum atomic E-state index is 11.6. The summed E-state index contributed by atoms with van der Waals surface area (Å²) in [4.78, 5) is 27.8. The number of benzene rings is 2. The van der Waals surface area contributed by atoms with E-state index in [0.29, 0.717) is 16.3 Å². The van der Waals surface area contributed by atoms with Crippen LogP contribution in [-0.4, -0.2) is 28.5 Å². The molecule has 2 aromatic carbocycles. The summed E-state index contributed by atoms with van der Waals surface area (Å²) in [6, 6.07) is 11.1. The molecule has 1 aliphatic heterocycles. The number of para-hydroxylation sites is 1. The van der Waals surface area contributed by atoms with E-state index in [1.165, 1.54) is 12.1 Å². The summed E-state index contributed by atoms with van der Waals surface area (Å²) >= 11 is 5.84. The van der Waals surface area contributed by atoms with Crippen molar-refractivity contribution >= 4 is 29.0 Å². The smallest absolute Gasteiger partial charge is 0.398 e. The van der Waals surface area contributed by atoms with Gasteiger partial charge >= 0.3 is 5.97 Å². The second-order valence-corrected chi connectivity index (χ2v) is 5.95. The Labute approximate surface area is 142 Å². The third kappa shape index (κ3) is 2.60. The summed E-state index contributed by atoms with van der Waals surface area (Å²) in [5.41, 5.74) is -0.522. The average molecular weight is 348 g/mol. The van der Waals surface area contributed by atoms with Crippen molar-refractivity contribution in [2.75, 3.05) is 11.6 Å². The minimum Gasteiger partial charge on any atom is -0.507 e. The van der Waals surface area contributed by atoms with Gasteiger partial charge in [0.2, 0.25) is 5.78 Å². The Kier molecular flexibility index (Phi) is 3.95. The summed E-state index contributed by atoms with van der Waals surface area (Å²) in [5.74, 6) is -1.97. The maximum absolute atomic E-state index is 11.6. The maximum Gasteiger partial charge on any atom is 0.398 e. The zero-order valence-electron chi connectivity index (χ0n) is 12.7. The number of rotatable bonds is 3. The number of fused-ring (bicyclic) bond motifs is 1. The predicted octanol–water partition coefficient (Wildman–Crippen LogP) is 2.15. The van der Waals surface area contributed by atoms with Crippen molar-refractivity contribution in [2.45, 2.75) is 12.5 Å². The summed E-state index contributed by atoms with van der Waals surface area (Å²) in [6.07, 6.45) is 0. The molecule has 0 saturated heterocycles. The number of carbonyl (C=O) groups is 2. The van der Waals surface area contributed by atoms with E-state index in [1.807, 2.05) is 0 Å². The molecule has 3 rings (SSSR count). The molecule has 2 aromatic rings. The number of hydroxylamine groups is 1. The van der Waals surface area contributed by atoms with Crippen molar-refractivity contribution in [3.63, 3.8) is 0 Å². The molecule has 1 atom stereocenters. The van der Waals surface area contributed by atoms with Gasteiger partial charge in [0.05, 0.1) is 12.2 Å². The zero-order valence-corrected chi connectivity index (χ0v) is 13.4. The number of hydrogen-bond donors (Lipinski definition) is 2. The number of anilines is 1. The van der Waals surface area contributed by atoms with Crippen LogP contribution in [0.1, 0.15) is 18.1 Å². The highest BCUT2D eigenvalue weighted by atomic mass is 35.5. The molecule has 0 saturated carbocycles. The number of phenols is 1. The van der Waals surface area contributed by atoms with Crippen molar-refractivity contribution < 1.29 is 24.6 Å². The van der Waals surface area contributed by atoms with Crippen LogP contribution in [0.15, 0.2) is 42.5 Å². The van der Waals surface area contributed by atoms with Crippen molar-refractivity contribution in [2.24, 2.45) is 0 Å². The highest BCUT2D eigenvalue weighted by Gasteiger charge is 2.46. The summed E-state index contributed by atoms with van der Waals surface area (Å²) in [7, 11) is 0. The van der Waals surface area contributed by atoms with Crippen molar-refractivity contribution in [3.05, 3.63) is 58.6 Å². The van der Waals surface area contributed by atoms with Gasteiger partial charge in [-0.25, -0.2) is 9.86 Å². The molecule has 2 N–H and O–H groups in total. The van der Waals surface area contributed by atoms with Crippen molar-refractivity contribution in [1.29, 1.82) is 0 Å². The van der Waals surface area contributed by atoms with Gasteiger partial charge in [-0.05, 0) is 18.2 Å². The van der Waals surface area contributed by atoms with E-state index >= 15 is 0 Å². The molecular weight excluding hydrogens is 334 g/mol. The van der Waals surface area contributed by atoms with E-state index in [-0.39, 0.29) is 17.9 Å². The van der Waals surface area contributed by atoms with Gasteiger partial charge in [-0.1, -0.05) is 35.9 Å². The van der Waals surface area contributed by atoms with Crippen LogP contribution < -0.4 is 5.06 Å². The molecule has 1 heterocycles. The van der Waals surface area contributed by atoms with Gasteiger partial charge < -0.3 is 15.1 Å². The van der Waals surface area contributed by atoms with E-state index in [1.54, 1.807) is 30.3 Å². The normalized spacial score (nSPS) is 19.0. The third-order valence-corrected chi connectivity index (χ3v) is 4.11. The van der Waals surface area contributed by atoms with Crippen LogP contribution >= 0.6 is 11.6 Å². The average Bonchev–Trinajstić information content (AvgIpc) is 2.81. The largest absolute Gasteiger partial charge is 0.507 e. The Morgan fingerprint density at radius 3 is 2.58 bits per heavy atom. The molecule has 0 fully saturated rings. The summed E-state index contributed by atoms with van der Waals surface area (Å²) in [6.45, 7) is 0.933. The quantitative estimate of drug-likeness (QED) is 0.827. The molecule has 0 spiro atoms. The fraction of sp³-hybridized carbons (Fsp3) is 0.176. The van der Waals surface area contributed by atoms with Crippen LogP contribution in [-0.2, 0) is 20.0 Å². The molecule has 1 aliphatic rings. The number of hydrogen-bond acceptors (Lipinski definition) is 6. The van der Waals surface area contributed by atoms with Crippen LogP contribution in [0.3, 0.4) is 0 Å². The van der Waals surface area contributed by atoms with Gasteiger partial charge in [-0.2, -0.15) is 0 Å². The van der Waals surface area contributed by atoms with Crippen LogP contribution in [0.25, 0.3) is 0 Å². The Hall–Kier alpha value is -2.57. The fourth-order valence-corrected chi connectivity index (χ4v) is 2.92. The standard InChI is InChI=1S/C17H14ClNO5/c1-10(20)16(22)24-19-9-17(23,12-4-2-3-5-14(12)19)13-7-6-11(18)8-15(13)21/h2-8,21,23H,9H2,1H3. The molecule has 124 valence electrons. The monoisotopic (exact) mass is 347 g/mol. The van der Waals surface area contributed by atoms with Gasteiger partial charge in [0.25, 0.3) is 0 Å². The summed E-state index contributed by atoms with van der Waals surface area (Å²) in [5, 5.41) is 22.8. The molecule has 0 radical (unpaired) electrons. The fourth-order valence-electron chi connectivity index (χ4n) is 2.75. The number of ketones is 1. The van der Waals surface area contributed by atoms with Crippen LogP contribution in [0.4, 0.5) is 5.69 Å². The first-order chi connectivity index (χ1) is 11.3. The first-order valence-corrected chi connectivity index (χ1v) is 7.52. The van der Waals surface area contributed by atoms with Crippen LogP contribution in [0.2, 0.25) is 5.02 Å². The molecule has 0 bridgehead atoms. The lowest BCUT2D eigenvalue weighted by Gasteiger charge is -2.25. The Morgan fingerprint density at radius 2 is 1.92 bits per heavy atom. The number of nitrogens with zero attached hydrogens (tertiary/aromatic N) is 1. The van der Waals surface area contributed by atoms with Gasteiger partial charge in [-0.15, -0.1) is 0 Å². The third-order valence-electron chi connectivity index (χ3n) is 3.88. The minimum absolute atomic E-state index is 0.166. The Bertz CT molecular complexity index is 837. The van der Waals surface area contributed by atoms with E-state index in [2.05, 4.69) is 0 Å². The molecule has 0 aliphatic carbocycles. The minimum atomic E-state index is -1.62. The molecule has 24 heavy (non-hydrogen) atoms. The SMILES string of the molecule is CC(=O)C(=O)ON1CC(O)(c2ccc(Cl)cc2O)c2ccccc21. The number of aromatic hydroxyl groups is 1. The first-order valence-electron chi connectivity index (χ1n) is 7.14. The second kappa shape index (κ2) is 5.81. The van der Waals surface area contributed by atoms with E-state index in [9.17, 15) is 19.8 Å². The van der Waals surface area contributed by atoms with Crippen LogP contribution in [0.5, 0.6) is 5.75 Å². The number of carbonyl (C=O) groups excluding carboxylic acids is 2. The molecule has 1 unspecified atom stereocenters. The lowest BCUT2D eigenvalue weighted by atomic mass is 9.87. The van der Waals surface area contributed by atoms with Gasteiger partial charge in [0, 0.05) is 23.1 Å².